The SMILES string of the molecule is CCCn1cc(S(=O)(=O)c2ccccc2-c2ccncc2/C=C/C(N)=O)cn1. The maximum atomic E-state index is 13.3. The number of amides is 1. The van der Waals surface area contributed by atoms with E-state index in [4.69, 9.17) is 5.73 Å². The van der Waals surface area contributed by atoms with Crippen LogP contribution < -0.4 is 5.73 Å². The third-order valence-electron chi connectivity index (χ3n) is 4.12. The van der Waals surface area contributed by atoms with Crippen molar-refractivity contribution in [1.29, 1.82) is 0 Å². The molecule has 0 unspecified atom stereocenters. The number of nitrogens with zero attached hydrogens (tertiary/aromatic N) is 3. The molecule has 0 aliphatic carbocycles. The molecule has 0 fully saturated rings. The number of hydrogen-bond donors (Lipinski definition) is 1. The molecule has 0 spiro atoms. The van der Waals surface area contributed by atoms with Crippen LogP contribution in [0.2, 0.25) is 0 Å². The second kappa shape index (κ2) is 8.18. The minimum absolute atomic E-state index is 0.136. The van der Waals surface area contributed by atoms with Crippen molar-refractivity contribution in [3.63, 3.8) is 0 Å². The lowest BCUT2D eigenvalue weighted by Crippen LogP contribution is -2.06. The Hall–Kier alpha value is -3.26. The van der Waals surface area contributed by atoms with Gasteiger partial charge in [0.25, 0.3) is 0 Å². The molecule has 1 amide bonds. The molecule has 28 heavy (non-hydrogen) atoms. The van der Waals surface area contributed by atoms with E-state index in [1.807, 2.05) is 6.92 Å². The zero-order valence-corrected chi connectivity index (χ0v) is 16.1. The maximum absolute atomic E-state index is 13.3. The third-order valence-corrected chi connectivity index (χ3v) is 5.88. The standard InChI is InChI=1S/C20H20N4O3S/c1-2-11-24-14-16(13-23-24)28(26,27)19-6-4-3-5-18(19)17-9-10-22-12-15(17)7-8-20(21)25/h3-10,12-14H,2,11H2,1H3,(H2,21,25)/b8-7+. The van der Waals surface area contributed by atoms with Gasteiger partial charge < -0.3 is 5.73 Å². The summed E-state index contributed by atoms with van der Waals surface area (Å²) in [7, 11) is -3.78. The molecule has 0 saturated carbocycles. The van der Waals surface area contributed by atoms with Crippen molar-refractivity contribution in [2.45, 2.75) is 29.7 Å². The van der Waals surface area contributed by atoms with E-state index in [2.05, 4.69) is 10.1 Å². The Morgan fingerprint density at radius 3 is 2.71 bits per heavy atom. The molecule has 2 heterocycles. The van der Waals surface area contributed by atoms with Gasteiger partial charge in [0.05, 0.1) is 11.1 Å². The number of aromatic nitrogens is 3. The van der Waals surface area contributed by atoms with Crippen LogP contribution in [0.1, 0.15) is 18.9 Å². The van der Waals surface area contributed by atoms with Gasteiger partial charge in [0, 0.05) is 42.3 Å². The number of primary amides is 1. The molecule has 2 N–H and O–H groups in total. The second-order valence-electron chi connectivity index (χ2n) is 6.14. The van der Waals surface area contributed by atoms with Crippen LogP contribution >= 0.6 is 0 Å². The molecule has 0 aliphatic rings. The predicted molar refractivity (Wildman–Crippen MR) is 106 cm³/mol. The summed E-state index contributed by atoms with van der Waals surface area (Å²) >= 11 is 0. The van der Waals surface area contributed by atoms with Gasteiger partial charge in [-0.15, -0.1) is 0 Å². The van der Waals surface area contributed by atoms with Gasteiger partial charge in [-0.05, 0) is 30.2 Å². The first-order valence-electron chi connectivity index (χ1n) is 8.72. The van der Waals surface area contributed by atoms with Gasteiger partial charge >= 0.3 is 0 Å². The summed E-state index contributed by atoms with van der Waals surface area (Å²) in [6.45, 7) is 2.64. The Kier molecular flexibility index (Phi) is 5.70. The molecule has 0 aliphatic heterocycles. The quantitative estimate of drug-likeness (QED) is 0.618. The van der Waals surface area contributed by atoms with Crippen LogP contribution in [0.25, 0.3) is 17.2 Å². The van der Waals surface area contributed by atoms with Gasteiger partial charge in [0.1, 0.15) is 4.90 Å². The Labute approximate surface area is 163 Å². The molecule has 2 aromatic heterocycles. The lowest BCUT2D eigenvalue weighted by atomic mass is 10.0. The fourth-order valence-electron chi connectivity index (χ4n) is 2.84. The number of carbonyl (C=O) groups excluding carboxylic acids is 1. The van der Waals surface area contributed by atoms with Crippen LogP contribution in [-0.4, -0.2) is 29.1 Å². The third kappa shape index (κ3) is 4.01. The Bertz CT molecular complexity index is 1130. The number of benzene rings is 1. The summed E-state index contributed by atoms with van der Waals surface area (Å²) in [5.74, 6) is -0.598. The number of aryl methyl sites for hydroxylation is 1. The number of carbonyl (C=O) groups is 1. The van der Waals surface area contributed by atoms with Crippen LogP contribution in [0.4, 0.5) is 0 Å². The summed E-state index contributed by atoms with van der Waals surface area (Å²) in [5, 5.41) is 4.13. The molecule has 3 aromatic rings. The molecule has 8 heteroatoms. The van der Waals surface area contributed by atoms with Crippen molar-refractivity contribution in [3.05, 3.63) is 66.8 Å². The average molecular weight is 396 g/mol. The van der Waals surface area contributed by atoms with Crippen LogP contribution in [0, 0.1) is 0 Å². The molecule has 0 atom stereocenters. The number of nitrogens with two attached hydrogens (primary N) is 1. The first-order chi connectivity index (χ1) is 13.4. The highest BCUT2D eigenvalue weighted by Crippen LogP contribution is 2.33. The minimum Gasteiger partial charge on any atom is -0.366 e. The number of hydrogen-bond acceptors (Lipinski definition) is 5. The maximum Gasteiger partial charge on any atom is 0.241 e. The molecule has 7 nitrogen and oxygen atoms in total. The lowest BCUT2D eigenvalue weighted by Gasteiger charge is -2.12. The first kappa shape index (κ1) is 19.5. The number of pyridine rings is 1. The summed E-state index contributed by atoms with van der Waals surface area (Å²) < 4.78 is 28.1. The van der Waals surface area contributed by atoms with Crippen LogP contribution in [-0.2, 0) is 21.2 Å². The van der Waals surface area contributed by atoms with Crippen LogP contribution in [0.3, 0.4) is 0 Å². The molecule has 0 saturated heterocycles. The molecule has 144 valence electrons. The van der Waals surface area contributed by atoms with Crippen molar-refractivity contribution >= 4 is 21.8 Å². The predicted octanol–water partition coefficient (Wildman–Crippen LogP) is 2.69. The highest BCUT2D eigenvalue weighted by molar-refractivity contribution is 7.91. The first-order valence-corrected chi connectivity index (χ1v) is 10.2. The van der Waals surface area contributed by atoms with E-state index in [0.717, 1.165) is 6.42 Å². The molecule has 1 aromatic carbocycles. The van der Waals surface area contributed by atoms with Crippen molar-refractivity contribution in [2.24, 2.45) is 5.73 Å². The molecule has 0 radical (unpaired) electrons. The van der Waals surface area contributed by atoms with Crippen molar-refractivity contribution in [2.75, 3.05) is 0 Å². The summed E-state index contributed by atoms with van der Waals surface area (Å²) in [6, 6.07) is 8.42. The van der Waals surface area contributed by atoms with E-state index >= 15 is 0 Å². The van der Waals surface area contributed by atoms with E-state index in [9.17, 15) is 13.2 Å². The number of sulfone groups is 1. The molecular weight excluding hydrogens is 376 g/mol. The highest BCUT2D eigenvalue weighted by Gasteiger charge is 2.24. The van der Waals surface area contributed by atoms with Gasteiger partial charge in [0.15, 0.2) is 0 Å². The minimum atomic E-state index is -3.78. The van der Waals surface area contributed by atoms with E-state index in [-0.39, 0.29) is 9.79 Å². The topological polar surface area (TPSA) is 108 Å². The fourth-order valence-corrected chi connectivity index (χ4v) is 4.27. The van der Waals surface area contributed by atoms with E-state index in [0.29, 0.717) is 23.2 Å². The number of rotatable bonds is 7. The van der Waals surface area contributed by atoms with Gasteiger partial charge in [-0.2, -0.15) is 5.10 Å². The largest absolute Gasteiger partial charge is 0.366 e. The zero-order valence-electron chi connectivity index (χ0n) is 15.3. The van der Waals surface area contributed by atoms with Crippen LogP contribution in [0.5, 0.6) is 0 Å². The van der Waals surface area contributed by atoms with Crippen LogP contribution in [0.15, 0.2) is 71.0 Å². The Morgan fingerprint density at radius 2 is 1.96 bits per heavy atom. The second-order valence-corrected chi connectivity index (χ2v) is 8.06. The van der Waals surface area contributed by atoms with E-state index in [1.165, 1.54) is 24.5 Å². The van der Waals surface area contributed by atoms with Crippen molar-refractivity contribution < 1.29 is 13.2 Å². The van der Waals surface area contributed by atoms with Crippen molar-refractivity contribution in [3.8, 4) is 11.1 Å². The van der Waals surface area contributed by atoms with E-state index < -0.39 is 15.7 Å². The summed E-state index contributed by atoms with van der Waals surface area (Å²) in [4.78, 5) is 15.4. The monoisotopic (exact) mass is 396 g/mol. The molecule has 3 rings (SSSR count). The summed E-state index contributed by atoms with van der Waals surface area (Å²) in [6.07, 6.45) is 9.61. The molecular formula is C20H20N4O3S. The smallest absolute Gasteiger partial charge is 0.241 e. The normalized spacial score (nSPS) is 11.8. The zero-order chi connectivity index (χ0) is 20.1. The molecule has 0 bridgehead atoms. The Morgan fingerprint density at radius 1 is 1.18 bits per heavy atom. The fraction of sp³-hybridized carbons (Fsp3) is 0.150. The van der Waals surface area contributed by atoms with Gasteiger partial charge in [-0.3, -0.25) is 14.5 Å². The van der Waals surface area contributed by atoms with Crippen molar-refractivity contribution in [1.82, 2.24) is 14.8 Å². The van der Waals surface area contributed by atoms with Gasteiger partial charge in [0.2, 0.25) is 15.7 Å². The Balaban J connectivity index is 2.13. The highest BCUT2D eigenvalue weighted by atomic mass is 32.2. The van der Waals surface area contributed by atoms with Gasteiger partial charge in [-0.25, -0.2) is 8.42 Å². The summed E-state index contributed by atoms with van der Waals surface area (Å²) in [5.41, 5.74) is 6.91. The average Bonchev–Trinajstić information content (AvgIpc) is 3.16. The van der Waals surface area contributed by atoms with E-state index in [1.54, 1.807) is 47.4 Å². The van der Waals surface area contributed by atoms with Gasteiger partial charge in [-0.1, -0.05) is 25.1 Å². The lowest BCUT2D eigenvalue weighted by molar-refractivity contribution is -0.113.